The molecular formula is C38H45NO12. The Morgan fingerprint density at radius 3 is 2.16 bits per heavy atom. The summed E-state index contributed by atoms with van der Waals surface area (Å²) in [4.78, 5) is 55.0. The third kappa shape index (κ3) is 5.53. The highest BCUT2D eigenvalue weighted by molar-refractivity contribution is 5.94. The molecule has 51 heavy (non-hydrogen) atoms. The van der Waals surface area contributed by atoms with E-state index in [0.29, 0.717) is 5.56 Å². The first-order valence-corrected chi connectivity index (χ1v) is 17.0. The van der Waals surface area contributed by atoms with E-state index in [1.807, 2.05) is 0 Å². The average Bonchev–Trinajstić information content (AvgIpc) is 3.09. The van der Waals surface area contributed by atoms with Crippen LogP contribution < -0.4 is 5.73 Å². The van der Waals surface area contributed by atoms with Gasteiger partial charge in [0.05, 0.1) is 35.6 Å². The molecule has 6 rings (SSSR count). The first-order valence-electron chi connectivity index (χ1n) is 17.0. The fourth-order valence-electron chi connectivity index (χ4n) is 8.99. The lowest BCUT2D eigenvalue weighted by Crippen LogP contribution is -2.81. The molecule has 3 fully saturated rings. The van der Waals surface area contributed by atoms with Crippen molar-refractivity contribution >= 4 is 23.7 Å². The van der Waals surface area contributed by atoms with Gasteiger partial charge in [-0.1, -0.05) is 62.4 Å². The SMILES string of the molecule is CC(=O)O[C@@]12COC1C[C@H](O)[C@@]1(C)C(=O)[C@H](O)C3=C(C)[C@@H](OC(=O)[C@H](O)[C@H](N)c4ccccc4)C[C@@](O)([C@@H](OC(=O)c4ccccc4)C21)C3(C)C. The van der Waals surface area contributed by atoms with Crippen molar-refractivity contribution in [2.45, 2.75) is 101 Å². The molecule has 3 aliphatic carbocycles. The highest BCUT2D eigenvalue weighted by atomic mass is 16.6. The molecule has 2 saturated carbocycles. The van der Waals surface area contributed by atoms with Crippen LogP contribution in [0.25, 0.3) is 0 Å². The molecule has 0 radical (unpaired) electrons. The highest BCUT2D eigenvalue weighted by Crippen LogP contribution is 2.64. The van der Waals surface area contributed by atoms with Crippen LogP contribution in [0.4, 0.5) is 0 Å². The number of fused-ring (bicyclic) bond motifs is 5. The molecule has 0 amide bonds. The maximum Gasteiger partial charge on any atom is 0.338 e. The minimum atomic E-state index is -2.28. The zero-order chi connectivity index (χ0) is 37.3. The van der Waals surface area contributed by atoms with Crippen LogP contribution in [0.2, 0.25) is 0 Å². The molecule has 11 atom stereocenters. The first kappa shape index (κ1) is 36.8. The first-order chi connectivity index (χ1) is 23.9. The number of hydrogen-bond acceptors (Lipinski definition) is 13. The lowest BCUT2D eigenvalue weighted by molar-refractivity contribution is -0.346. The number of carbonyl (C=O) groups excluding carboxylic acids is 4. The molecule has 13 heteroatoms. The Balaban J connectivity index is 1.53. The molecule has 13 nitrogen and oxygen atoms in total. The van der Waals surface area contributed by atoms with Crippen LogP contribution in [0.5, 0.6) is 0 Å². The summed E-state index contributed by atoms with van der Waals surface area (Å²) in [6, 6.07) is 15.2. The van der Waals surface area contributed by atoms with Gasteiger partial charge in [-0.3, -0.25) is 9.59 Å². The summed E-state index contributed by atoms with van der Waals surface area (Å²) in [5.74, 6) is -5.10. The van der Waals surface area contributed by atoms with E-state index >= 15 is 0 Å². The van der Waals surface area contributed by atoms with Gasteiger partial charge in [-0.25, -0.2) is 9.59 Å². The normalized spacial score (nSPS) is 36.5. The van der Waals surface area contributed by atoms with Gasteiger partial charge in [-0.05, 0) is 42.7 Å². The van der Waals surface area contributed by atoms with Crippen molar-refractivity contribution in [3.63, 3.8) is 0 Å². The number of ketones is 1. The maximum absolute atomic E-state index is 14.8. The number of hydrogen-bond donors (Lipinski definition) is 5. The maximum atomic E-state index is 14.8. The number of Topliss-reactive ketones (excluding diaryl/α,β-unsaturated/α-hetero) is 1. The van der Waals surface area contributed by atoms with Crippen LogP contribution in [0, 0.1) is 16.7 Å². The molecule has 1 heterocycles. The van der Waals surface area contributed by atoms with E-state index in [-0.39, 0.29) is 29.7 Å². The quantitative estimate of drug-likeness (QED) is 0.158. The van der Waals surface area contributed by atoms with E-state index in [1.165, 1.54) is 32.9 Å². The number of aliphatic hydroxyl groups excluding tert-OH is 3. The number of benzene rings is 2. The van der Waals surface area contributed by atoms with Crippen LogP contribution in [0.3, 0.4) is 0 Å². The minimum absolute atomic E-state index is 0.0120. The number of nitrogens with two attached hydrogens (primary N) is 1. The number of aliphatic hydroxyl groups is 4. The molecule has 2 aromatic rings. The second-order valence-electron chi connectivity index (χ2n) is 15.0. The lowest BCUT2D eigenvalue weighted by atomic mass is 9.44. The molecule has 1 aliphatic heterocycles. The van der Waals surface area contributed by atoms with E-state index in [9.17, 15) is 39.6 Å². The third-order valence-corrected chi connectivity index (χ3v) is 11.9. The number of carbonyl (C=O) groups is 4. The molecule has 274 valence electrons. The van der Waals surface area contributed by atoms with Gasteiger partial charge >= 0.3 is 17.9 Å². The molecule has 2 aromatic carbocycles. The third-order valence-electron chi connectivity index (χ3n) is 11.9. The minimum Gasteiger partial charge on any atom is -0.456 e. The summed E-state index contributed by atoms with van der Waals surface area (Å²) in [6.45, 7) is 6.99. The molecule has 2 unspecified atom stereocenters. The van der Waals surface area contributed by atoms with Crippen molar-refractivity contribution in [2.24, 2.45) is 22.5 Å². The Kier molecular flexibility index (Phi) is 9.31. The summed E-state index contributed by atoms with van der Waals surface area (Å²) in [6.07, 6.45) is -9.94. The summed E-state index contributed by atoms with van der Waals surface area (Å²) >= 11 is 0. The second-order valence-corrected chi connectivity index (χ2v) is 15.0. The molecule has 1 saturated heterocycles. The summed E-state index contributed by atoms with van der Waals surface area (Å²) in [5, 5.41) is 48.0. The largest absolute Gasteiger partial charge is 0.456 e. The Morgan fingerprint density at radius 1 is 0.980 bits per heavy atom. The van der Waals surface area contributed by atoms with Gasteiger partial charge in [0.1, 0.15) is 30.0 Å². The predicted octanol–water partition coefficient (Wildman–Crippen LogP) is 1.69. The van der Waals surface area contributed by atoms with Crippen LogP contribution in [0.1, 0.15) is 69.4 Å². The molecule has 2 bridgehead atoms. The molecule has 0 aromatic heterocycles. The van der Waals surface area contributed by atoms with Gasteiger partial charge in [0.15, 0.2) is 17.5 Å². The molecule has 6 N–H and O–H groups in total. The number of ether oxygens (including phenoxy) is 4. The smallest absolute Gasteiger partial charge is 0.338 e. The zero-order valence-corrected chi connectivity index (χ0v) is 29.1. The predicted molar refractivity (Wildman–Crippen MR) is 178 cm³/mol. The van der Waals surface area contributed by atoms with E-state index < -0.39 is 101 Å². The Bertz CT molecular complexity index is 1750. The van der Waals surface area contributed by atoms with Gasteiger partial charge < -0.3 is 45.1 Å². The van der Waals surface area contributed by atoms with Gasteiger partial charge in [-0.2, -0.15) is 0 Å². The monoisotopic (exact) mass is 707 g/mol. The fourth-order valence-corrected chi connectivity index (χ4v) is 8.99. The van der Waals surface area contributed by atoms with E-state index in [1.54, 1.807) is 62.4 Å². The van der Waals surface area contributed by atoms with Crippen molar-refractivity contribution in [3.8, 4) is 0 Å². The van der Waals surface area contributed by atoms with Crippen LogP contribution >= 0.6 is 0 Å². The van der Waals surface area contributed by atoms with E-state index in [4.69, 9.17) is 24.7 Å². The van der Waals surface area contributed by atoms with Crippen LogP contribution in [0.15, 0.2) is 71.8 Å². The Hall–Kier alpha value is -3.98. The van der Waals surface area contributed by atoms with E-state index in [0.717, 1.165) is 0 Å². The van der Waals surface area contributed by atoms with Gasteiger partial charge in [0.25, 0.3) is 0 Å². The topological polar surface area (TPSA) is 212 Å². The van der Waals surface area contributed by atoms with Crippen molar-refractivity contribution in [2.75, 3.05) is 6.61 Å². The lowest BCUT2D eigenvalue weighted by Gasteiger charge is -2.67. The van der Waals surface area contributed by atoms with Gasteiger partial charge in [0, 0.05) is 25.2 Å². The van der Waals surface area contributed by atoms with Crippen molar-refractivity contribution in [3.05, 3.63) is 82.9 Å². The highest BCUT2D eigenvalue weighted by Gasteiger charge is 2.78. The summed E-state index contributed by atoms with van der Waals surface area (Å²) in [5.41, 5.74) is -0.496. The fraction of sp³-hybridized carbons (Fsp3) is 0.526. The average molecular weight is 708 g/mol. The summed E-state index contributed by atoms with van der Waals surface area (Å²) in [7, 11) is 0. The number of esters is 3. The van der Waals surface area contributed by atoms with Crippen LogP contribution in [-0.2, 0) is 33.3 Å². The Labute approximate surface area is 295 Å². The van der Waals surface area contributed by atoms with Crippen molar-refractivity contribution in [1.82, 2.24) is 0 Å². The van der Waals surface area contributed by atoms with Gasteiger partial charge in [0.2, 0.25) is 0 Å². The Morgan fingerprint density at radius 2 is 1.59 bits per heavy atom. The molecule has 0 spiro atoms. The molecule has 4 aliphatic rings. The zero-order valence-electron chi connectivity index (χ0n) is 29.1. The molecular weight excluding hydrogens is 662 g/mol. The van der Waals surface area contributed by atoms with E-state index in [2.05, 4.69) is 0 Å². The summed E-state index contributed by atoms with van der Waals surface area (Å²) < 4.78 is 23.9. The second kappa shape index (κ2) is 12.9. The standard InChI is InChI=1S/C38H45NO12/c1-19-23(49-34(46)29(43)27(39)21-12-8-6-9-13-21)17-38(47)32(50-33(45)22-14-10-7-11-15-22)30-36(5,31(44)28(42)26(19)35(38,3)4)24(41)16-25-37(30,18-48-25)51-20(2)40/h6-15,23-25,27-30,32,41-43,47H,16-18,39H2,1-5H3/t23-,24-,25?,27+,28+,29+,30?,32-,36+,37-,38+/m0/s1. The van der Waals surface area contributed by atoms with Crippen molar-refractivity contribution < 1.29 is 58.6 Å². The van der Waals surface area contributed by atoms with Gasteiger partial charge in [-0.15, -0.1) is 0 Å². The number of rotatable bonds is 7. The van der Waals surface area contributed by atoms with Crippen LogP contribution in [-0.4, -0.2) is 98.6 Å². The van der Waals surface area contributed by atoms with Crippen molar-refractivity contribution in [1.29, 1.82) is 0 Å².